The highest BCUT2D eigenvalue weighted by molar-refractivity contribution is 5.91. The Labute approximate surface area is 154 Å². The summed E-state index contributed by atoms with van der Waals surface area (Å²) in [5.74, 6) is 0. The van der Waals surface area contributed by atoms with Gasteiger partial charge in [-0.3, -0.25) is 0 Å². The lowest BCUT2D eigenvalue weighted by Crippen LogP contribution is -2.16. The second-order valence-corrected chi connectivity index (χ2v) is 7.54. The Hall–Kier alpha value is -1.57. The van der Waals surface area contributed by atoms with Gasteiger partial charge in [-0.1, -0.05) is 12.2 Å². The second kappa shape index (κ2) is 8.69. The van der Waals surface area contributed by atoms with Crippen molar-refractivity contribution in [3.05, 3.63) is 46.7 Å². The van der Waals surface area contributed by atoms with E-state index in [1.807, 2.05) is 0 Å². The molecule has 0 radical (unpaired) electrons. The van der Waals surface area contributed by atoms with Gasteiger partial charge in [0.15, 0.2) is 5.71 Å². The van der Waals surface area contributed by atoms with E-state index in [4.69, 9.17) is 0 Å². The van der Waals surface area contributed by atoms with E-state index in [0.29, 0.717) is 0 Å². The lowest BCUT2D eigenvalue weighted by molar-refractivity contribution is -0.515. The summed E-state index contributed by atoms with van der Waals surface area (Å²) in [7, 11) is 0. The normalized spacial score (nSPS) is 25.5. The van der Waals surface area contributed by atoms with Crippen molar-refractivity contribution in [3.63, 3.8) is 0 Å². The molecule has 0 amide bonds. The first-order valence-electron chi connectivity index (χ1n) is 10.4. The van der Waals surface area contributed by atoms with E-state index >= 15 is 0 Å². The number of hydrogen-bond donors (Lipinski definition) is 0. The maximum absolute atomic E-state index is 2.52. The van der Waals surface area contributed by atoms with Gasteiger partial charge in [0.2, 0.25) is 0 Å². The quantitative estimate of drug-likeness (QED) is 0.621. The standard InChI is InChI=1S/C23H35N2/c1-4-24-17-7-11-22(24)15-13-20-9-6-10-21(19(20)3)14-16-23-12-8-18-25(23)5-2/h13-16H,4-12,17-18H2,1-3H3/q+1. The van der Waals surface area contributed by atoms with Crippen LogP contribution in [0.2, 0.25) is 0 Å². The number of nitrogens with zero attached hydrogens (tertiary/aromatic N) is 2. The predicted octanol–water partition coefficient (Wildman–Crippen LogP) is 5.24. The smallest absolute Gasteiger partial charge is 0.176 e. The fraction of sp³-hybridized carbons (Fsp3) is 0.609. The van der Waals surface area contributed by atoms with Crippen LogP contribution in [-0.4, -0.2) is 41.4 Å². The van der Waals surface area contributed by atoms with Gasteiger partial charge in [-0.2, -0.15) is 0 Å². The molecule has 1 fully saturated rings. The molecule has 1 aliphatic carbocycles. The number of allylic oxidation sites excluding steroid dienone is 8. The third-order valence-electron chi connectivity index (χ3n) is 6.11. The number of likely N-dealkylation sites (tertiary alicyclic amines) is 1. The molecule has 0 aromatic rings. The molecular formula is C23H35N2+. The minimum Gasteiger partial charge on any atom is -0.375 e. The first-order valence-corrected chi connectivity index (χ1v) is 10.4. The van der Waals surface area contributed by atoms with Crippen molar-refractivity contribution in [2.75, 3.05) is 26.2 Å². The molecule has 136 valence electrons. The van der Waals surface area contributed by atoms with Crippen LogP contribution in [-0.2, 0) is 0 Å². The Bertz CT molecular complexity index is 643. The van der Waals surface area contributed by atoms with Crippen molar-refractivity contribution >= 4 is 5.71 Å². The molecule has 25 heavy (non-hydrogen) atoms. The molecule has 0 atom stereocenters. The van der Waals surface area contributed by atoms with Crippen molar-refractivity contribution in [2.45, 2.75) is 65.7 Å². The zero-order valence-corrected chi connectivity index (χ0v) is 16.5. The van der Waals surface area contributed by atoms with E-state index < -0.39 is 0 Å². The van der Waals surface area contributed by atoms with Crippen LogP contribution < -0.4 is 0 Å². The highest BCUT2D eigenvalue weighted by Gasteiger charge is 2.19. The number of rotatable bonds is 5. The third-order valence-corrected chi connectivity index (χ3v) is 6.11. The summed E-state index contributed by atoms with van der Waals surface area (Å²) in [5, 5.41) is 0. The van der Waals surface area contributed by atoms with Gasteiger partial charge in [0.1, 0.15) is 13.1 Å². The zero-order valence-electron chi connectivity index (χ0n) is 16.5. The van der Waals surface area contributed by atoms with Crippen molar-refractivity contribution in [1.29, 1.82) is 0 Å². The monoisotopic (exact) mass is 339 g/mol. The molecule has 2 aliphatic heterocycles. The summed E-state index contributed by atoms with van der Waals surface area (Å²) in [6, 6.07) is 0. The topological polar surface area (TPSA) is 6.25 Å². The van der Waals surface area contributed by atoms with Crippen LogP contribution in [0.15, 0.2) is 46.7 Å². The maximum atomic E-state index is 2.52. The Balaban J connectivity index is 1.77. The molecule has 0 unspecified atom stereocenters. The molecule has 0 aromatic carbocycles. The highest BCUT2D eigenvalue weighted by atomic mass is 15.1. The minimum absolute atomic E-state index is 1.14. The van der Waals surface area contributed by atoms with Crippen LogP contribution in [0.4, 0.5) is 0 Å². The molecule has 2 heteroatoms. The van der Waals surface area contributed by atoms with Gasteiger partial charge in [-0.25, -0.2) is 4.58 Å². The van der Waals surface area contributed by atoms with E-state index in [2.05, 4.69) is 54.6 Å². The summed E-state index contributed by atoms with van der Waals surface area (Å²) in [4.78, 5) is 2.52. The maximum Gasteiger partial charge on any atom is 0.176 e. The van der Waals surface area contributed by atoms with Gasteiger partial charge in [-0.05, 0) is 75.7 Å². The van der Waals surface area contributed by atoms with Gasteiger partial charge < -0.3 is 4.90 Å². The summed E-state index contributed by atoms with van der Waals surface area (Å²) >= 11 is 0. The van der Waals surface area contributed by atoms with Crippen molar-refractivity contribution in [1.82, 2.24) is 4.90 Å². The van der Waals surface area contributed by atoms with Crippen LogP contribution in [0.25, 0.3) is 0 Å². The fourth-order valence-corrected chi connectivity index (χ4v) is 4.47. The van der Waals surface area contributed by atoms with Gasteiger partial charge in [-0.15, -0.1) is 0 Å². The predicted molar refractivity (Wildman–Crippen MR) is 108 cm³/mol. The van der Waals surface area contributed by atoms with Crippen molar-refractivity contribution in [3.8, 4) is 0 Å². The van der Waals surface area contributed by atoms with E-state index in [-0.39, 0.29) is 0 Å². The fourth-order valence-electron chi connectivity index (χ4n) is 4.47. The van der Waals surface area contributed by atoms with Crippen LogP contribution >= 0.6 is 0 Å². The highest BCUT2D eigenvalue weighted by Crippen LogP contribution is 2.31. The van der Waals surface area contributed by atoms with E-state index in [1.54, 1.807) is 11.1 Å². The molecule has 0 N–H and O–H groups in total. The molecule has 1 saturated heterocycles. The molecule has 0 spiro atoms. The third kappa shape index (κ3) is 4.34. The molecule has 0 aromatic heterocycles. The molecule has 0 bridgehead atoms. The minimum atomic E-state index is 1.14. The van der Waals surface area contributed by atoms with Crippen LogP contribution in [0, 0.1) is 0 Å². The first kappa shape index (κ1) is 18.2. The Morgan fingerprint density at radius 2 is 1.84 bits per heavy atom. The summed E-state index contributed by atoms with van der Waals surface area (Å²) in [6.45, 7) is 11.6. The Morgan fingerprint density at radius 3 is 2.64 bits per heavy atom. The van der Waals surface area contributed by atoms with Gasteiger partial charge in [0, 0.05) is 37.7 Å². The van der Waals surface area contributed by atoms with Gasteiger partial charge in [0.25, 0.3) is 0 Å². The lowest BCUT2D eigenvalue weighted by Gasteiger charge is -2.19. The molecule has 2 nitrogen and oxygen atoms in total. The van der Waals surface area contributed by atoms with Crippen molar-refractivity contribution in [2.24, 2.45) is 0 Å². The molecule has 3 aliphatic rings. The Morgan fingerprint density at radius 1 is 0.960 bits per heavy atom. The zero-order chi connectivity index (χ0) is 17.6. The van der Waals surface area contributed by atoms with Crippen molar-refractivity contribution < 1.29 is 4.58 Å². The second-order valence-electron chi connectivity index (χ2n) is 7.54. The Kier molecular flexibility index (Phi) is 6.34. The molecule has 2 heterocycles. The van der Waals surface area contributed by atoms with Gasteiger partial charge in [0.05, 0.1) is 0 Å². The summed E-state index contributed by atoms with van der Waals surface area (Å²) < 4.78 is 2.52. The summed E-state index contributed by atoms with van der Waals surface area (Å²) in [6.07, 6.45) is 18.5. The van der Waals surface area contributed by atoms with E-state index in [1.165, 1.54) is 75.0 Å². The number of hydrogen-bond acceptors (Lipinski definition) is 1. The van der Waals surface area contributed by atoms with E-state index in [0.717, 1.165) is 13.1 Å². The van der Waals surface area contributed by atoms with Gasteiger partial charge >= 0.3 is 0 Å². The molecule has 0 saturated carbocycles. The van der Waals surface area contributed by atoms with E-state index in [9.17, 15) is 0 Å². The average molecular weight is 340 g/mol. The lowest BCUT2D eigenvalue weighted by atomic mass is 9.87. The average Bonchev–Trinajstić information content (AvgIpc) is 3.28. The largest absolute Gasteiger partial charge is 0.375 e. The SMILES string of the molecule is CCN1CCC/C1=C\C=C1CCCC(/C=C/C2=[N+](CC)CCC2)=C1C. The summed E-state index contributed by atoms with van der Waals surface area (Å²) in [5.41, 5.74) is 7.67. The molecular weight excluding hydrogens is 304 g/mol. The molecule has 3 rings (SSSR count). The van der Waals surface area contributed by atoms with Crippen LogP contribution in [0.1, 0.15) is 65.7 Å². The van der Waals surface area contributed by atoms with Crippen LogP contribution in [0.3, 0.4) is 0 Å². The van der Waals surface area contributed by atoms with Crippen LogP contribution in [0.5, 0.6) is 0 Å². The first-order chi connectivity index (χ1) is 12.2.